The Morgan fingerprint density at radius 1 is 1.67 bits per heavy atom. The number of carbonyl (C=O) groups excluding carboxylic acids is 1. The predicted molar refractivity (Wildman–Crippen MR) is 52.8 cm³/mol. The molecule has 4 nitrogen and oxygen atoms in total. The molecule has 0 amide bonds. The van der Waals surface area contributed by atoms with Crippen LogP contribution in [0.3, 0.4) is 0 Å². The van der Waals surface area contributed by atoms with Gasteiger partial charge in [0.25, 0.3) is 0 Å². The van der Waals surface area contributed by atoms with Crippen molar-refractivity contribution in [3.05, 3.63) is 29.6 Å². The van der Waals surface area contributed by atoms with Crippen molar-refractivity contribution < 1.29 is 19.0 Å². The summed E-state index contributed by atoms with van der Waals surface area (Å²) in [6.45, 7) is 1.36. The van der Waals surface area contributed by atoms with Crippen LogP contribution in [0.25, 0.3) is 0 Å². The van der Waals surface area contributed by atoms with Gasteiger partial charge in [0.1, 0.15) is 12.4 Å². The van der Waals surface area contributed by atoms with Gasteiger partial charge < -0.3 is 15.6 Å². The van der Waals surface area contributed by atoms with Gasteiger partial charge in [-0.05, 0) is 25.1 Å². The molecular weight excluding hydrogens is 201 g/mol. The number of carbonyl (C=O) groups is 1. The summed E-state index contributed by atoms with van der Waals surface area (Å²) in [6, 6.07) is 3.65. The third kappa shape index (κ3) is 3.21. The molecule has 0 spiro atoms. The molecule has 0 aromatic heterocycles. The predicted octanol–water partition coefficient (Wildman–Crippen LogP) is 0.946. The molecule has 0 saturated heterocycles. The lowest BCUT2D eigenvalue weighted by Gasteiger charge is -2.06. The fourth-order valence-electron chi connectivity index (χ4n) is 0.934. The molecular formula is C10H12FNO3. The number of halogens is 1. The minimum atomic E-state index is -0.743. The molecule has 0 fully saturated rings. The van der Waals surface area contributed by atoms with Gasteiger partial charge in [-0.15, -0.1) is 0 Å². The molecule has 0 aliphatic heterocycles. The van der Waals surface area contributed by atoms with Crippen molar-refractivity contribution in [3.8, 4) is 0 Å². The highest BCUT2D eigenvalue weighted by molar-refractivity contribution is 5.89. The number of ether oxygens (including phenoxy) is 1. The second-order valence-corrected chi connectivity index (χ2v) is 3.18. The average Bonchev–Trinajstić information content (AvgIpc) is 2.18. The van der Waals surface area contributed by atoms with E-state index in [1.165, 1.54) is 19.1 Å². The number of hydrogen-bond donors (Lipinski definition) is 2. The quantitative estimate of drug-likeness (QED) is 0.579. The maximum Gasteiger partial charge on any atom is 0.338 e. The molecule has 0 saturated carbocycles. The summed E-state index contributed by atoms with van der Waals surface area (Å²) in [5.74, 6) is -1.35. The lowest BCUT2D eigenvalue weighted by Crippen LogP contribution is -2.15. The molecule has 0 aliphatic carbocycles. The minimum Gasteiger partial charge on any atom is -0.459 e. The largest absolute Gasteiger partial charge is 0.459 e. The van der Waals surface area contributed by atoms with Gasteiger partial charge in [-0.25, -0.2) is 9.18 Å². The van der Waals surface area contributed by atoms with Gasteiger partial charge in [0.2, 0.25) is 0 Å². The first-order chi connectivity index (χ1) is 7.00. The number of nitrogens with two attached hydrogens (primary N) is 1. The van der Waals surface area contributed by atoms with E-state index in [9.17, 15) is 9.18 Å². The smallest absolute Gasteiger partial charge is 0.338 e. The van der Waals surface area contributed by atoms with E-state index < -0.39 is 17.9 Å². The standard InChI is InChI=1S/C10H12FNO3/c1-6(13)5-15-10(14)7-2-3-9(12)8(11)4-7/h2-4,6,13H,5,12H2,1H3. The SMILES string of the molecule is CC(O)COC(=O)c1ccc(N)c(F)c1. The molecule has 3 N–H and O–H groups in total. The summed E-state index contributed by atoms with van der Waals surface area (Å²) < 4.78 is 17.6. The van der Waals surface area contributed by atoms with Crippen molar-refractivity contribution in [1.29, 1.82) is 0 Å². The average molecular weight is 213 g/mol. The van der Waals surface area contributed by atoms with Gasteiger partial charge in [-0.3, -0.25) is 0 Å². The van der Waals surface area contributed by atoms with Crippen molar-refractivity contribution in [2.24, 2.45) is 0 Å². The maximum atomic E-state index is 13.0. The van der Waals surface area contributed by atoms with Gasteiger partial charge >= 0.3 is 5.97 Å². The van der Waals surface area contributed by atoms with E-state index in [0.717, 1.165) is 6.07 Å². The Morgan fingerprint density at radius 3 is 2.87 bits per heavy atom. The molecule has 0 heterocycles. The Labute approximate surface area is 86.5 Å². The second-order valence-electron chi connectivity index (χ2n) is 3.18. The second kappa shape index (κ2) is 4.75. The van der Waals surface area contributed by atoms with Gasteiger partial charge in [-0.2, -0.15) is 0 Å². The van der Waals surface area contributed by atoms with Crippen LogP contribution in [-0.4, -0.2) is 23.8 Å². The van der Waals surface area contributed by atoms with Crippen molar-refractivity contribution in [2.45, 2.75) is 13.0 Å². The number of benzene rings is 1. The van der Waals surface area contributed by atoms with Crippen LogP contribution in [-0.2, 0) is 4.74 Å². The van der Waals surface area contributed by atoms with Gasteiger partial charge in [-0.1, -0.05) is 0 Å². The van der Waals surface area contributed by atoms with E-state index in [-0.39, 0.29) is 17.9 Å². The van der Waals surface area contributed by atoms with E-state index in [4.69, 9.17) is 10.8 Å². The first-order valence-corrected chi connectivity index (χ1v) is 4.41. The molecule has 1 aromatic carbocycles. The summed E-state index contributed by atoms with van der Waals surface area (Å²) in [6.07, 6.45) is -0.743. The number of anilines is 1. The summed E-state index contributed by atoms with van der Waals surface area (Å²) in [7, 11) is 0. The van der Waals surface area contributed by atoms with Crippen molar-refractivity contribution in [2.75, 3.05) is 12.3 Å². The summed E-state index contributed by atoms with van der Waals surface area (Å²) in [5, 5.41) is 8.88. The lowest BCUT2D eigenvalue weighted by molar-refractivity contribution is 0.0296. The zero-order valence-electron chi connectivity index (χ0n) is 8.24. The Morgan fingerprint density at radius 2 is 2.33 bits per heavy atom. The van der Waals surface area contributed by atoms with Crippen molar-refractivity contribution in [3.63, 3.8) is 0 Å². The molecule has 1 aromatic rings. The number of aliphatic hydroxyl groups excluding tert-OH is 1. The van der Waals surface area contributed by atoms with Crippen LogP contribution in [0.4, 0.5) is 10.1 Å². The van der Waals surface area contributed by atoms with Crippen LogP contribution in [0.2, 0.25) is 0 Å². The Bertz CT molecular complexity index is 366. The van der Waals surface area contributed by atoms with Crippen LogP contribution < -0.4 is 5.73 Å². The number of esters is 1. The normalized spacial score (nSPS) is 12.2. The molecule has 5 heteroatoms. The lowest BCUT2D eigenvalue weighted by atomic mass is 10.2. The third-order valence-electron chi connectivity index (χ3n) is 1.69. The van der Waals surface area contributed by atoms with E-state index in [1.807, 2.05) is 0 Å². The Hall–Kier alpha value is -1.62. The van der Waals surface area contributed by atoms with Crippen molar-refractivity contribution in [1.82, 2.24) is 0 Å². The van der Waals surface area contributed by atoms with Gasteiger partial charge in [0.15, 0.2) is 0 Å². The molecule has 0 radical (unpaired) electrons. The highest BCUT2D eigenvalue weighted by Gasteiger charge is 2.10. The number of aliphatic hydroxyl groups is 1. The van der Waals surface area contributed by atoms with Crippen molar-refractivity contribution >= 4 is 11.7 Å². The highest BCUT2D eigenvalue weighted by atomic mass is 19.1. The molecule has 0 aliphatic rings. The fraction of sp³-hybridized carbons (Fsp3) is 0.300. The molecule has 1 rings (SSSR count). The summed E-state index contributed by atoms with van der Waals surface area (Å²) >= 11 is 0. The van der Waals surface area contributed by atoms with E-state index in [1.54, 1.807) is 0 Å². The topological polar surface area (TPSA) is 72.5 Å². The van der Waals surface area contributed by atoms with Crippen LogP contribution >= 0.6 is 0 Å². The molecule has 82 valence electrons. The van der Waals surface area contributed by atoms with Gasteiger partial charge in [0, 0.05) is 0 Å². The number of hydrogen-bond acceptors (Lipinski definition) is 4. The maximum absolute atomic E-state index is 13.0. The highest BCUT2D eigenvalue weighted by Crippen LogP contribution is 2.12. The first kappa shape index (κ1) is 11.5. The van der Waals surface area contributed by atoms with Crippen LogP contribution in [0.15, 0.2) is 18.2 Å². The Balaban J connectivity index is 2.70. The number of nitrogen functional groups attached to an aromatic ring is 1. The summed E-state index contributed by atoms with van der Waals surface area (Å²) in [4.78, 5) is 11.3. The number of rotatable bonds is 3. The Kier molecular flexibility index (Phi) is 3.62. The monoisotopic (exact) mass is 213 g/mol. The first-order valence-electron chi connectivity index (χ1n) is 4.41. The molecule has 1 unspecified atom stereocenters. The fourth-order valence-corrected chi connectivity index (χ4v) is 0.934. The minimum absolute atomic E-state index is 0.0259. The zero-order valence-corrected chi connectivity index (χ0v) is 8.24. The van der Waals surface area contributed by atoms with E-state index >= 15 is 0 Å². The molecule has 15 heavy (non-hydrogen) atoms. The van der Waals surface area contributed by atoms with Crippen LogP contribution in [0.5, 0.6) is 0 Å². The van der Waals surface area contributed by atoms with Crippen LogP contribution in [0, 0.1) is 5.82 Å². The third-order valence-corrected chi connectivity index (χ3v) is 1.69. The van der Waals surface area contributed by atoms with Gasteiger partial charge in [0.05, 0.1) is 17.4 Å². The molecule has 1 atom stereocenters. The van der Waals surface area contributed by atoms with E-state index in [0.29, 0.717) is 0 Å². The van der Waals surface area contributed by atoms with E-state index in [2.05, 4.69) is 4.74 Å². The zero-order chi connectivity index (χ0) is 11.4. The molecule has 0 bridgehead atoms. The van der Waals surface area contributed by atoms with Crippen LogP contribution in [0.1, 0.15) is 17.3 Å². The summed E-state index contributed by atoms with van der Waals surface area (Å²) in [5.41, 5.74) is 5.29.